The highest BCUT2D eigenvalue weighted by molar-refractivity contribution is 5.88. The molecule has 0 aromatic heterocycles. The predicted octanol–water partition coefficient (Wildman–Crippen LogP) is 1.74. The highest BCUT2D eigenvalue weighted by Crippen LogP contribution is 2.40. The molecule has 4 unspecified atom stereocenters. The standard InChI is InChI=1S/C21H28N2O6/c1-13(22-16(20(25)26)12-29-15-8-3-2-4-9-15)19(24)23-17-10-6-5-7-14(17)11-18(23)21(27)28/h2-4,8-9,13-14,16-18,22H,5-7,10-12H2,1H3,(H,25,26)(H,27,28)/t13-,14?,16?,17?,18?/m0/s1. The van der Waals surface area contributed by atoms with Crippen LogP contribution in [0.1, 0.15) is 39.0 Å². The number of carboxylic acid groups (broad SMARTS) is 2. The van der Waals surface area contributed by atoms with E-state index in [9.17, 15) is 24.6 Å². The van der Waals surface area contributed by atoms with Gasteiger partial charge < -0.3 is 19.8 Å². The van der Waals surface area contributed by atoms with Crippen LogP contribution in [0.2, 0.25) is 0 Å². The Morgan fingerprint density at radius 3 is 2.52 bits per heavy atom. The molecule has 0 bridgehead atoms. The van der Waals surface area contributed by atoms with Crippen molar-refractivity contribution < 1.29 is 29.3 Å². The summed E-state index contributed by atoms with van der Waals surface area (Å²) in [5.41, 5.74) is 0. The smallest absolute Gasteiger partial charge is 0.326 e. The largest absolute Gasteiger partial charge is 0.491 e. The highest BCUT2D eigenvalue weighted by atomic mass is 16.5. The molecule has 1 heterocycles. The molecule has 1 saturated carbocycles. The fraction of sp³-hybridized carbons (Fsp3) is 0.571. The number of carbonyl (C=O) groups is 3. The number of hydrogen-bond acceptors (Lipinski definition) is 5. The lowest BCUT2D eigenvalue weighted by Crippen LogP contribution is -2.56. The fourth-order valence-electron chi connectivity index (χ4n) is 4.48. The summed E-state index contributed by atoms with van der Waals surface area (Å²) in [4.78, 5) is 38.0. The quantitative estimate of drug-likeness (QED) is 0.604. The van der Waals surface area contributed by atoms with Crippen molar-refractivity contribution >= 4 is 17.8 Å². The Morgan fingerprint density at radius 1 is 1.17 bits per heavy atom. The van der Waals surface area contributed by atoms with Crippen LogP contribution in [0.25, 0.3) is 0 Å². The van der Waals surface area contributed by atoms with Gasteiger partial charge in [-0.15, -0.1) is 0 Å². The van der Waals surface area contributed by atoms with Crippen LogP contribution >= 0.6 is 0 Å². The van der Waals surface area contributed by atoms with E-state index >= 15 is 0 Å². The minimum Gasteiger partial charge on any atom is -0.491 e. The van der Waals surface area contributed by atoms with Gasteiger partial charge in [-0.25, -0.2) is 4.79 Å². The van der Waals surface area contributed by atoms with E-state index in [4.69, 9.17) is 4.74 Å². The third-order valence-electron chi connectivity index (χ3n) is 5.91. The molecule has 2 aliphatic rings. The van der Waals surface area contributed by atoms with Gasteiger partial charge in [0, 0.05) is 6.04 Å². The molecule has 29 heavy (non-hydrogen) atoms. The third-order valence-corrected chi connectivity index (χ3v) is 5.91. The summed E-state index contributed by atoms with van der Waals surface area (Å²) in [6, 6.07) is 5.98. The number of benzene rings is 1. The van der Waals surface area contributed by atoms with Crippen molar-refractivity contribution in [3.8, 4) is 5.75 Å². The van der Waals surface area contributed by atoms with Gasteiger partial charge >= 0.3 is 11.9 Å². The fourth-order valence-corrected chi connectivity index (χ4v) is 4.48. The SMILES string of the molecule is C[C@H](NC(COc1ccccc1)C(=O)O)C(=O)N1C(C(=O)O)CC2CCCCC21. The summed E-state index contributed by atoms with van der Waals surface area (Å²) in [5, 5.41) is 21.9. The first-order chi connectivity index (χ1) is 13.9. The van der Waals surface area contributed by atoms with E-state index in [2.05, 4.69) is 5.32 Å². The summed E-state index contributed by atoms with van der Waals surface area (Å²) in [6.07, 6.45) is 4.23. The summed E-state index contributed by atoms with van der Waals surface area (Å²) in [5.74, 6) is -1.75. The van der Waals surface area contributed by atoms with Crippen molar-refractivity contribution in [1.29, 1.82) is 0 Å². The van der Waals surface area contributed by atoms with Crippen LogP contribution in [-0.4, -0.2) is 63.7 Å². The van der Waals surface area contributed by atoms with Crippen LogP contribution < -0.4 is 10.1 Å². The third kappa shape index (κ3) is 4.87. The molecular formula is C21H28N2O6. The van der Waals surface area contributed by atoms with Crippen LogP contribution in [0.5, 0.6) is 5.75 Å². The van der Waals surface area contributed by atoms with Gasteiger partial charge in [-0.05, 0) is 44.2 Å². The molecule has 158 valence electrons. The van der Waals surface area contributed by atoms with E-state index in [0.717, 1.165) is 25.7 Å². The number of amides is 1. The van der Waals surface area contributed by atoms with Gasteiger partial charge in [0.15, 0.2) is 0 Å². The Balaban J connectivity index is 1.66. The Morgan fingerprint density at radius 2 is 1.86 bits per heavy atom. The van der Waals surface area contributed by atoms with Gasteiger partial charge in [0.1, 0.15) is 24.4 Å². The number of carboxylic acids is 2. The zero-order valence-electron chi connectivity index (χ0n) is 16.5. The van der Waals surface area contributed by atoms with Gasteiger partial charge in [-0.2, -0.15) is 0 Å². The maximum Gasteiger partial charge on any atom is 0.326 e. The second kappa shape index (κ2) is 9.26. The zero-order valence-corrected chi connectivity index (χ0v) is 16.5. The topological polar surface area (TPSA) is 116 Å². The number of aliphatic carboxylic acids is 2. The number of fused-ring (bicyclic) bond motifs is 1. The lowest BCUT2D eigenvalue weighted by Gasteiger charge is -2.35. The Kier molecular flexibility index (Phi) is 6.74. The molecular weight excluding hydrogens is 376 g/mol. The van der Waals surface area contributed by atoms with Crippen LogP contribution in [0, 0.1) is 5.92 Å². The lowest BCUT2D eigenvalue weighted by molar-refractivity contribution is -0.151. The first kappa shape index (κ1) is 21.1. The maximum atomic E-state index is 13.1. The molecule has 1 aliphatic carbocycles. The van der Waals surface area contributed by atoms with Crippen molar-refractivity contribution in [2.75, 3.05) is 6.61 Å². The van der Waals surface area contributed by atoms with E-state index in [0.29, 0.717) is 12.2 Å². The van der Waals surface area contributed by atoms with Crippen molar-refractivity contribution in [2.45, 2.75) is 63.2 Å². The molecule has 8 nitrogen and oxygen atoms in total. The van der Waals surface area contributed by atoms with Crippen LogP contribution in [0.4, 0.5) is 0 Å². The summed E-state index contributed by atoms with van der Waals surface area (Å²) < 4.78 is 5.52. The molecule has 1 aromatic rings. The molecule has 3 N–H and O–H groups in total. The molecule has 1 saturated heterocycles. The van der Waals surface area contributed by atoms with Crippen LogP contribution in [0.3, 0.4) is 0 Å². The van der Waals surface area contributed by atoms with Gasteiger partial charge in [-0.1, -0.05) is 31.0 Å². The van der Waals surface area contributed by atoms with E-state index in [-0.39, 0.29) is 24.5 Å². The van der Waals surface area contributed by atoms with Crippen LogP contribution in [-0.2, 0) is 14.4 Å². The molecule has 0 radical (unpaired) electrons. The van der Waals surface area contributed by atoms with E-state index < -0.39 is 30.1 Å². The average Bonchev–Trinajstić information content (AvgIpc) is 3.10. The molecule has 5 atom stereocenters. The van der Waals surface area contributed by atoms with E-state index in [1.165, 1.54) is 4.90 Å². The predicted molar refractivity (Wildman–Crippen MR) is 105 cm³/mol. The minimum absolute atomic E-state index is 0.0783. The average molecular weight is 404 g/mol. The lowest BCUT2D eigenvalue weighted by atomic mass is 9.84. The van der Waals surface area contributed by atoms with E-state index in [1.807, 2.05) is 6.07 Å². The number of ether oxygens (including phenoxy) is 1. The Hall–Kier alpha value is -2.61. The second-order valence-corrected chi connectivity index (χ2v) is 7.85. The van der Waals surface area contributed by atoms with E-state index in [1.54, 1.807) is 31.2 Å². The molecule has 2 fully saturated rings. The molecule has 0 spiro atoms. The maximum absolute atomic E-state index is 13.1. The molecule has 8 heteroatoms. The number of nitrogens with one attached hydrogen (secondary N) is 1. The molecule has 1 aromatic carbocycles. The Labute approximate surface area is 169 Å². The van der Waals surface area contributed by atoms with Crippen molar-refractivity contribution in [1.82, 2.24) is 10.2 Å². The zero-order chi connectivity index (χ0) is 21.0. The first-order valence-electron chi connectivity index (χ1n) is 10.1. The van der Waals surface area contributed by atoms with Crippen molar-refractivity contribution in [2.24, 2.45) is 5.92 Å². The summed E-state index contributed by atoms with van der Waals surface area (Å²) in [6.45, 7) is 1.43. The van der Waals surface area contributed by atoms with Gasteiger partial charge in [0.25, 0.3) is 0 Å². The number of carbonyl (C=O) groups excluding carboxylic acids is 1. The number of likely N-dealkylation sites (tertiary alicyclic amines) is 1. The van der Waals surface area contributed by atoms with Gasteiger partial charge in [0.05, 0.1) is 6.04 Å². The number of rotatable bonds is 8. The first-order valence-corrected chi connectivity index (χ1v) is 10.1. The summed E-state index contributed by atoms with van der Waals surface area (Å²) in [7, 11) is 0. The van der Waals surface area contributed by atoms with Gasteiger partial charge in [-0.3, -0.25) is 14.9 Å². The minimum atomic E-state index is -1.13. The highest BCUT2D eigenvalue weighted by Gasteiger charge is 2.48. The van der Waals surface area contributed by atoms with Crippen molar-refractivity contribution in [3.63, 3.8) is 0 Å². The number of nitrogens with zero attached hydrogens (tertiary/aromatic N) is 1. The molecule has 1 aliphatic heterocycles. The van der Waals surface area contributed by atoms with Crippen LogP contribution in [0.15, 0.2) is 30.3 Å². The molecule has 1 amide bonds. The second-order valence-electron chi connectivity index (χ2n) is 7.85. The number of para-hydroxylation sites is 1. The normalized spacial score (nSPS) is 25.7. The Bertz CT molecular complexity index is 740. The summed E-state index contributed by atoms with van der Waals surface area (Å²) >= 11 is 0. The molecule has 3 rings (SSSR count). The number of hydrogen-bond donors (Lipinski definition) is 3. The monoisotopic (exact) mass is 404 g/mol. The van der Waals surface area contributed by atoms with Gasteiger partial charge in [0.2, 0.25) is 5.91 Å². The van der Waals surface area contributed by atoms with Crippen molar-refractivity contribution in [3.05, 3.63) is 30.3 Å².